The van der Waals surface area contributed by atoms with E-state index in [1.807, 2.05) is 11.5 Å². The van der Waals surface area contributed by atoms with Gasteiger partial charge in [-0.1, -0.05) is 19.8 Å². The molecule has 1 saturated carbocycles. The summed E-state index contributed by atoms with van der Waals surface area (Å²) in [5.41, 5.74) is 1.19. The summed E-state index contributed by atoms with van der Waals surface area (Å²) in [6.45, 7) is 6.23. The molecule has 3 nitrogen and oxygen atoms in total. The third-order valence-electron chi connectivity index (χ3n) is 4.40. The summed E-state index contributed by atoms with van der Waals surface area (Å²) in [6.07, 6.45) is 4.66. The number of rotatable bonds is 4. The first kappa shape index (κ1) is 14.0. The Hall–Kier alpha value is -0.940. The van der Waals surface area contributed by atoms with Gasteiger partial charge in [-0.25, -0.2) is 0 Å². The number of aromatic amines is 1. The molecular formula is C15H20N2OS2. The minimum atomic E-state index is 0.0955. The zero-order valence-electron chi connectivity index (χ0n) is 12.2. The number of hydrogen-bond donors (Lipinski definition) is 1. The molecule has 20 heavy (non-hydrogen) atoms. The molecule has 1 aliphatic carbocycles. The van der Waals surface area contributed by atoms with Crippen LogP contribution >= 0.6 is 23.6 Å². The van der Waals surface area contributed by atoms with Crippen LogP contribution in [0.5, 0.6) is 0 Å². The van der Waals surface area contributed by atoms with Gasteiger partial charge in [0.25, 0.3) is 5.56 Å². The molecule has 0 amide bonds. The third kappa shape index (κ3) is 2.27. The van der Waals surface area contributed by atoms with Gasteiger partial charge >= 0.3 is 0 Å². The highest BCUT2D eigenvalue weighted by Crippen LogP contribution is 2.38. The van der Waals surface area contributed by atoms with E-state index in [1.165, 1.54) is 17.7 Å². The van der Waals surface area contributed by atoms with E-state index in [9.17, 15) is 4.79 Å². The quantitative estimate of drug-likeness (QED) is 0.845. The topological polar surface area (TPSA) is 37.8 Å². The average Bonchev–Trinajstić information content (AvgIpc) is 3.15. The van der Waals surface area contributed by atoms with Crippen LogP contribution in [-0.4, -0.2) is 9.55 Å². The lowest BCUT2D eigenvalue weighted by Crippen LogP contribution is -2.26. The Morgan fingerprint density at radius 1 is 1.45 bits per heavy atom. The van der Waals surface area contributed by atoms with Crippen LogP contribution in [0.1, 0.15) is 49.1 Å². The molecule has 1 fully saturated rings. The van der Waals surface area contributed by atoms with Crippen molar-refractivity contribution in [1.29, 1.82) is 0 Å². The van der Waals surface area contributed by atoms with Crippen LogP contribution in [0.25, 0.3) is 10.2 Å². The van der Waals surface area contributed by atoms with Crippen molar-refractivity contribution in [1.82, 2.24) is 9.55 Å². The molecule has 1 N–H and O–H groups in total. The van der Waals surface area contributed by atoms with Crippen LogP contribution in [-0.2, 0) is 0 Å². The highest BCUT2D eigenvalue weighted by molar-refractivity contribution is 7.71. The normalized spacial score (nSPS) is 16.8. The maximum Gasteiger partial charge on any atom is 0.263 e. The van der Waals surface area contributed by atoms with Crippen LogP contribution < -0.4 is 5.56 Å². The summed E-state index contributed by atoms with van der Waals surface area (Å²) in [5.74, 6) is 0.794. The van der Waals surface area contributed by atoms with E-state index in [2.05, 4.69) is 18.8 Å². The summed E-state index contributed by atoms with van der Waals surface area (Å²) < 4.78 is 2.41. The highest BCUT2D eigenvalue weighted by Gasteiger charge is 2.27. The predicted molar refractivity (Wildman–Crippen MR) is 87.4 cm³/mol. The molecule has 3 rings (SSSR count). The second-order valence-electron chi connectivity index (χ2n) is 5.83. The third-order valence-corrected chi connectivity index (χ3v) is 5.82. The van der Waals surface area contributed by atoms with E-state index in [0.29, 0.717) is 4.77 Å². The van der Waals surface area contributed by atoms with Crippen LogP contribution in [0.2, 0.25) is 0 Å². The van der Waals surface area contributed by atoms with E-state index in [1.54, 1.807) is 11.3 Å². The Bertz CT molecular complexity index is 764. The van der Waals surface area contributed by atoms with Crippen LogP contribution in [0.15, 0.2) is 4.79 Å². The van der Waals surface area contributed by atoms with E-state index in [-0.39, 0.29) is 11.6 Å². The molecule has 5 heteroatoms. The molecule has 0 spiro atoms. The van der Waals surface area contributed by atoms with Gasteiger partial charge in [0.2, 0.25) is 0 Å². The Morgan fingerprint density at radius 2 is 2.15 bits per heavy atom. The number of H-pyrrole nitrogens is 1. The number of hydrogen-bond acceptors (Lipinski definition) is 3. The second kappa shape index (κ2) is 5.11. The van der Waals surface area contributed by atoms with Crippen molar-refractivity contribution in [2.24, 2.45) is 5.92 Å². The monoisotopic (exact) mass is 308 g/mol. The van der Waals surface area contributed by atoms with Gasteiger partial charge < -0.3 is 4.98 Å². The first-order valence-corrected chi connectivity index (χ1v) is 8.50. The largest absolute Gasteiger partial charge is 0.323 e. The summed E-state index contributed by atoms with van der Waals surface area (Å²) in [4.78, 5) is 18.2. The summed E-state index contributed by atoms with van der Waals surface area (Å²) in [5, 5.41) is 0.829. The van der Waals surface area contributed by atoms with Crippen molar-refractivity contribution in [3.05, 3.63) is 25.6 Å². The molecule has 2 aromatic rings. The van der Waals surface area contributed by atoms with Crippen LogP contribution in [0.3, 0.4) is 0 Å². The van der Waals surface area contributed by atoms with Crippen molar-refractivity contribution in [2.75, 3.05) is 0 Å². The molecule has 0 aromatic carbocycles. The average molecular weight is 308 g/mol. The Labute approximate surface area is 127 Å². The summed E-state index contributed by atoms with van der Waals surface area (Å²) >= 11 is 7.08. The van der Waals surface area contributed by atoms with Gasteiger partial charge in [0, 0.05) is 10.9 Å². The van der Waals surface area contributed by atoms with Crippen molar-refractivity contribution in [3.8, 4) is 0 Å². The molecule has 0 radical (unpaired) electrons. The second-order valence-corrected chi connectivity index (χ2v) is 7.45. The van der Waals surface area contributed by atoms with Gasteiger partial charge in [0.15, 0.2) is 4.77 Å². The fourth-order valence-electron chi connectivity index (χ4n) is 2.87. The van der Waals surface area contributed by atoms with Gasteiger partial charge in [-0.05, 0) is 50.4 Å². The van der Waals surface area contributed by atoms with Crippen LogP contribution in [0.4, 0.5) is 0 Å². The van der Waals surface area contributed by atoms with Gasteiger partial charge in [0.1, 0.15) is 4.83 Å². The first-order valence-electron chi connectivity index (χ1n) is 7.27. The van der Waals surface area contributed by atoms with Gasteiger partial charge in [-0.3, -0.25) is 9.36 Å². The number of aromatic nitrogens is 2. The van der Waals surface area contributed by atoms with Crippen molar-refractivity contribution < 1.29 is 0 Å². The van der Waals surface area contributed by atoms with Crippen molar-refractivity contribution >= 4 is 33.8 Å². The smallest absolute Gasteiger partial charge is 0.263 e. The standard InChI is InChI=1S/C15H20N2OS2/c1-4-11(7-10-5-6-10)17-14(18)12-8(2)9(3)20-13(12)16-15(17)19/h10-11H,4-7H2,1-3H3,(H,16,19). The highest BCUT2D eigenvalue weighted by atomic mass is 32.1. The molecule has 1 atom stereocenters. The molecule has 0 aliphatic heterocycles. The first-order chi connectivity index (χ1) is 9.52. The van der Waals surface area contributed by atoms with E-state index < -0.39 is 0 Å². The Balaban J connectivity index is 2.21. The number of aryl methyl sites for hydroxylation is 2. The van der Waals surface area contributed by atoms with Gasteiger partial charge in [-0.2, -0.15) is 0 Å². The minimum Gasteiger partial charge on any atom is -0.323 e. The van der Waals surface area contributed by atoms with E-state index >= 15 is 0 Å². The molecule has 1 aliphatic rings. The number of nitrogens with one attached hydrogen (secondary N) is 1. The lowest BCUT2D eigenvalue weighted by atomic mass is 10.1. The zero-order valence-corrected chi connectivity index (χ0v) is 13.8. The number of fused-ring (bicyclic) bond motifs is 1. The maximum atomic E-state index is 12.9. The van der Waals surface area contributed by atoms with E-state index in [4.69, 9.17) is 12.2 Å². The Kier molecular flexibility index (Phi) is 3.58. The molecular weight excluding hydrogens is 288 g/mol. The molecule has 2 aromatic heterocycles. The molecule has 108 valence electrons. The minimum absolute atomic E-state index is 0.0955. The molecule has 0 bridgehead atoms. The molecule has 0 saturated heterocycles. The SMILES string of the molecule is CCC(CC1CC1)n1c(=S)[nH]c2sc(C)c(C)c2c1=O. The van der Waals surface area contributed by atoms with Gasteiger partial charge in [-0.15, -0.1) is 11.3 Å². The van der Waals surface area contributed by atoms with Crippen LogP contribution in [0, 0.1) is 24.5 Å². The molecule has 2 heterocycles. The maximum absolute atomic E-state index is 12.9. The van der Waals surface area contributed by atoms with E-state index in [0.717, 1.165) is 34.5 Å². The lowest BCUT2D eigenvalue weighted by molar-refractivity contribution is 0.412. The summed E-state index contributed by atoms with van der Waals surface area (Å²) in [6, 6.07) is 0.239. The van der Waals surface area contributed by atoms with Crippen molar-refractivity contribution in [3.63, 3.8) is 0 Å². The fraction of sp³-hybridized carbons (Fsp3) is 0.600. The zero-order chi connectivity index (χ0) is 14.4. The fourth-order valence-corrected chi connectivity index (χ4v) is 4.32. The number of nitrogens with zero attached hydrogens (tertiary/aromatic N) is 1. The van der Waals surface area contributed by atoms with Crippen molar-refractivity contribution in [2.45, 2.75) is 52.5 Å². The van der Waals surface area contributed by atoms with Gasteiger partial charge in [0.05, 0.1) is 5.39 Å². The predicted octanol–water partition coefficient (Wildman–Crippen LogP) is 4.49. The Morgan fingerprint density at radius 3 is 2.75 bits per heavy atom. The lowest BCUT2D eigenvalue weighted by Gasteiger charge is -2.18. The molecule has 1 unspecified atom stereocenters. The summed E-state index contributed by atoms with van der Waals surface area (Å²) in [7, 11) is 0. The number of thiophene rings is 1.